The number of hydrogen-bond acceptors (Lipinski definition) is 6. The van der Waals surface area contributed by atoms with Gasteiger partial charge in [-0.25, -0.2) is 19.9 Å². The number of benzene rings is 9. The van der Waals surface area contributed by atoms with Crippen molar-refractivity contribution in [2.75, 3.05) is 0 Å². The largest absolute Gasteiger partial charge is 0.456 e. The number of rotatable bonds is 6. The third-order valence-corrected chi connectivity index (χ3v) is 11.3. The molecule has 0 fully saturated rings. The summed E-state index contributed by atoms with van der Waals surface area (Å²) in [6, 6.07) is 66.6. The Labute approximate surface area is 344 Å². The average molecular weight is 769 g/mol. The second-order valence-electron chi connectivity index (χ2n) is 15.0. The first kappa shape index (κ1) is 33.9. The van der Waals surface area contributed by atoms with Crippen LogP contribution in [0.25, 0.3) is 122 Å². The van der Waals surface area contributed by atoms with Crippen LogP contribution >= 0.6 is 0 Å². The van der Waals surface area contributed by atoms with Gasteiger partial charge in [-0.15, -0.1) is 0 Å². The average Bonchev–Trinajstić information content (AvgIpc) is 3.94. The second-order valence-corrected chi connectivity index (χ2v) is 15.0. The van der Waals surface area contributed by atoms with Gasteiger partial charge in [0.15, 0.2) is 23.1 Å². The predicted octanol–water partition coefficient (Wildman–Crippen LogP) is 14.2. The smallest absolute Gasteiger partial charge is 0.227 e. The van der Waals surface area contributed by atoms with E-state index in [1.54, 1.807) is 0 Å². The van der Waals surface area contributed by atoms with E-state index in [1.165, 1.54) is 0 Å². The minimum Gasteiger partial charge on any atom is -0.456 e. The van der Waals surface area contributed by atoms with Crippen LogP contribution in [0.2, 0.25) is 0 Å². The number of hydrogen-bond donors (Lipinski definition) is 0. The van der Waals surface area contributed by atoms with E-state index in [-0.39, 0.29) is 0 Å². The van der Waals surface area contributed by atoms with Crippen LogP contribution in [0.5, 0.6) is 0 Å². The fourth-order valence-corrected chi connectivity index (χ4v) is 8.43. The SMILES string of the molecule is c1ccc(-c2cc(-c3ccccc3)cc(-c3nc(-c4ccc5ccccc5c4)nc(-c4cccc5c4ccc4oc6ccc7oc(-c8ccccc8)nc7c6c45)n3)c2)cc1. The number of oxazole rings is 1. The van der Waals surface area contributed by atoms with E-state index >= 15 is 0 Å². The van der Waals surface area contributed by atoms with Gasteiger partial charge in [0.25, 0.3) is 0 Å². The number of aromatic nitrogens is 4. The van der Waals surface area contributed by atoms with Crippen molar-refractivity contribution in [3.63, 3.8) is 0 Å². The summed E-state index contributed by atoms with van der Waals surface area (Å²) in [6.45, 7) is 0. The van der Waals surface area contributed by atoms with E-state index < -0.39 is 0 Å². The molecule has 12 rings (SSSR count). The third kappa shape index (κ3) is 5.73. The molecule has 60 heavy (non-hydrogen) atoms. The summed E-state index contributed by atoms with van der Waals surface area (Å²) in [7, 11) is 0. The highest BCUT2D eigenvalue weighted by molar-refractivity contribution is 6.26. The van der Waals surface area contributed by atoms with Crippen molar-refractivity contribution in [3.8, 4) is 67.9 Å². The predicted molar refractivity (Wildman–Crippen MR) is 242 cm³/mol. The summed E-state index contributed by atoms with van der Waals surface area (Å²) in [5, 5.41) is 6.14. The zero-order chi connectivity index (χ0) is 39.6. The highest BCUT2D eigenvalue weighted by Crippen LogP contribution is 2.42. The van der Waals surface area contributed by atoms with Crippen molar-refractivity contribution >= 4 is 54.6 Å². The lowest BCUT2D eigenvalue weighted by Crippen LogP contribution is -2.01. The van der Waals surface area contributed by atoms with Crippen molar-refractivity contribution < 1.29 is 8.83 Å². The molecule has 0 saturated carbocycles. The minimum atomic E-state index is 0.569. The Morgan fingerprint density at radius 3 is 1.62 bits per heavy atom. The quantitative estimate of drug-likeness (QED) is 0.168. The molecule has 0 aliphatic rings. The monoisotopic (exact) mass is 768 g/mol. The Bertz CT molecular complexity index is 3540. The Balaban J connectivity index is 1.10. The van der Waals surface area contributed by atoms with E-state index in [2.05, 4.69) is 133 Å². The normalized spacial score (nSPS) is 11.7. The van der Waals surface area contributed by atoms with Gasteiger partial charge in [-0.3, -0.25) is 0 Å². The Morgan fingerprint density at radius 2 is 0.883 bits per heavy atom. The van der Waals surface area contributed by atoms with Gasteiger partial charge in [-0.05, 0) is 104 Å². The number of fused-ring (bicyclic) bond motifs is 8. The molecule has 3 heterocycles. The Morgan fingerprint density at radius 1 is 0.300 bits per heavy atom. The van der Waals surface area contributed by atoms with Crippen LogP contribution < -0.4 is 0 Å². The van der Waals surface area contributed by atoms with Gasteiger partial charge in [0.05, 0.1) is 5.39 Å². The van der Waals surface area contributed by atoms with Crippen LogP contribution in [0.1, 0.15) is 0 Å². The van der Waals surface area contributed by atoms with Crippen LogP contribution in [0.4, 0.5) is 0 Å². The van der Waals surface area contributed by atoms with Gasteiger partial charge in [0, 0.05) is 27.6 Å². The molecule has 280 valence electrons. The molecule has 0 bridgehead atoms. The first-order chi connectivity index (χ1) is 29.7. The fraction of sp³-hybridized carbons (Fsp3) is 0. The van der Waals surface area contributed by atoms with E-state index in [4.69, 9.17) is 28.8 Å². The van der Waals surface area contributed by atoms with Gasteiger partial charge in [-0.1, -0.05) is 133 Å². The van der Waals surface area contributed by atoms with E-state index in [1.807, 2.05) is 60.7 Å². The van der Waals surface area contributed by atoms with Crippen LogP contribution in [0, 0.1) is 0 Å². The number of nitrogens with zero attached hydrogens (tertiary/aromatic N) is 4. The maximum Gasteiger partial charge on any atom is 0.227 e. The van der Waals surface area contributed by atoms with Crippen molar-refractivity contribution in [2.24, 2.45) is 0 Å². The van der Waals surface area contributed by atoms with Gasteiger partial charge in [0.1, 0.15) is 16.7 Å². The lowest BCUT2D eigenvalue weighted by atomic mass is 9.95. The molecule has 9 aromatic carbocycles. The highest BCUT2D eigenvalue weighted by Gasteiger charge is 2.21. The van der Waals surface area contributed by atoms with Crippen molar-refractivity contribution in [1.29, 1.82) is 0 Å². The number of furan rings is 1. The molecule has 0 spiro atoms. The van der Waals surface area contributed by atoms with Crippen molar-refractivity contribution in [3.05, 3.63) is 194 Å². The highest BCUT2D eigenvalue weighted by atomic mass is 16.4. The molecule has 0 aliphatic carbocycles. The Kier molecular flexibility index (Phi) is 7.74. The summed E-state index contributed by atoms with van der Waals surface area (Å²) in [5.74, 6) is 2.32. The molecule has 12 aromatic rings. The Hall–Kier alpha value is -8.22. The van der Waals surface area contributed by atoms with Crippen molar-refractivity contribution in [2.45, 2.75) is 0 Å². The van der Waals surface area contributed by atoms with Gasteiger partial charge in [0.2, 0.25) is 5.89 Å². The third-order valence-electron chi connectivity index (χ3n) is 11.3. The molecule has 6 heteroatoms. The molecule has 0 unspecified atom stereocenters. The van der Waals surface area contributed by atoms with E-state index in [9.17, 15) is 0 Å². The summed E-state index contributed by atoms with van der Waals surface area (Å²) in [4.78, 5) is 20.9. The summed E-state index contributed by atoms with van der Waals surface area (Å²) < 4.78 is 12.8. The van der Waals surface area contributed by atoms with Gasteiger partial charge in [-0.2, -0.15) is 0 Å². The van der Waals surface area contributed by atoms with E-state index in [0.717, 1.165) is 93.5 Å². The first-order valence-corrected chi connectivity index (χ1v) is 20.0. The van der Waals surface area contributed by atoms with Gasteiger partial charge < -0.3 is 8.83 Å². The van der Waals surface area contributed by atoms with Crippen molar-refractivity contribution in [1.82, 2.24) is 19.9 Å². The fourth-order valence-electron chi connectivity index (χ4n) is 8.43. The molecule has 0 saturated heterocycles. The van der Waals surface area contributed by atoms with Crippen LogP contribution in [-0.4, -0.2) is 19.9 Å². The molecule has 0 aliphatic heterocycles. The first-order valence-electron chi connectivity index (χ1n) is 20.0. The topological polar surface area (TPSA) is 77.8 Å². The molecule has 3 aromatic heterocycles. The lowest BCUT2D eigenvalue weighted by Gasteiger charge is -2.13. The van der Waals surface area contributed by atoms with Gasteiger partial charge >= 0.3 is 0 Å². The molecule has 6 nitrogen and oxygen atoms in total. The molecular formula is C54H32N4O2. The maximum atomic E-state index is 6.49. The standard InChI is InChI=1S/C54H32N4O2/c1-4-13-33(14-5-1)39-30-40(34-15-6-2-7-16-34)32-41(31-39)52-56-51(38-24-23-35-17-10-11-20-37(35)29-38)57-53(58-52)44-22-12-21-43-42(44)25-26-45-48(43)49-46(59-45)27-28-47-50(49)55-54(60-47)36-18-8-3-9-19-36/h1-32H. The summed E-state index contributed by atoms with van der Waals surface area (Å²) >= 11 is 0. The van der Waals surface area contributed by atoms with Crippen LogP contribution in [0.3, 0.4) is 0 Å². The zero-order valence-corrected chi connectivity index (χ0v) is 32.1. The molecule has 0 atom stereocenters. The summed E-state index contributed by atoms with van der Waals surface area (Å²) in [6.07, 6.45) is 0. The second kappa shape index (κ2) is 13.7. The molecule has 0 amide bonds. The lowest BCUT2D eigenvalue weighted by molar-refractivity contribution is 0.619. The minimum absolute atomic E-state index is 0.569. The molecule has 0 radical (unpaired) electrons. The van der Waals surface area contributed by atoms with E-state index in [0.29, 0.717) is 28.9 Å². The summed E-state index contributed by atoms with van der Waals surface area (Å²) in [5.41, 5.74) is 11.0. The molecule has 0 N–H and O–H groups in total. The van der Waals surface area contributed by atoms with Crippen LogP contribution in [-0.2, 0) is 0 Å². The van der Waals surface area contributed by atoms with Crippen LogP contribution in [0.15, 0.2) is 203 Å². The molecular weight excluding hydrogens is 737 g/mol. The zero-order valence-electron chi connectivity index (χ0n) is 32.1. The maximum absolute atomic E-state index is 6.49.